The van der Waals surface area contributed by atoms with E-state index in [0.29, 0.717) is 30.8 Å². The first-order valence-electron chi connectivity index (χ1n) is 10.5. The van der Waals surface area contributed by atoms with Gasteiger partial charge in [-0.1, -0.05) is 6.07 Å². The van der Waals surface area contributed by atoms with Gasteiger partial charge in [0.2, 0.25) is 0 Å². The summed E-state index contributed by atoms with van der Waals surface area (Å²) in [6, 6.07) is 5.35. The van der Waals surface area contributed by atoms with E-state index in [0.717, 1.165) is 18.2 Å². The summed E-state index contributed by atoms with van der Waals surface area (Å²) in [6.07, 6.45) is -4.49. The number of alkyl halides is 3. The molecule has 3 rings (SSSR count). The summed E-state index contributed by atoms with van der Waals surface area (Å²) in [7, 11) is -2.88. The van der Waals surface area contributed by atoms with E-state index in [4.69, 9.17) is 4.74 Å². The molecule has 36 heavy (non-hydrogen) atoms. The maximum absolute atomic E-state index is 12.9. The minimum absolute atomic E-state index is 0.0000530. The molecule has 10 nitrogen and oxygen atoms in total. The predicted molar refractivity (Wildman–Crippen MR) is 125 cm³/mol. The molecule has 1 aromatic carbocycles. The Morgan fingerprint density at radius 2 is 1.97 bits per heavy atom. The molecule has 196 valence electrons. The van der Waals surface area contributed by atoms with Crippen LogP contribution >= 0.6 is 12.6 Å². The molecule has 1 fully saturated rings. The maximum atomic E-state index is 12.9. The van der Waals surface area contributed by atoms with Gasteiger partial charge in [-0.15, -0.1) is 13.2 Å². The number of aromatic nitrogens is 1. The van der Waals surface area contributed by atoms with E-state index in [-0.39, 0.29) is 30.4 Å². The number of benzene rings is 1. The number of hydrogen-bond donors (Lipinski definition) is 2. The van der Waals surface area contributed by atoms with Crippen LogP contribution in [0.1, 0.15) is 12.0 Å². The van der Waals surface area contributed by atoms with Gasteiger partial charge in [-0.25, -0.2) is 22.7 Å². The average Bonchev–Trinajstić information content (AvgIpc) is 3.10. The first kappa shape index (κ1) is 27.4. The largest absolute Gasteiger partial charge is 0.573 e. The van der Waals surface area contributed by atoms with Gasteiger partial charge in [0.05, 0.1) is 17.2 Å². The molecular formula is C21H23F3N4O6S2. The highest BCUT2D eigenvalue weighted by Gasteiger charge is 2.32. The average molecular weight is 549 g/mol. The highest BCUT2D eigenvalue weighted by Crippen LogP contribution is 2.32. The first-order valence-corrected chi connectivity index (χ1v) is 12.7. The van der Waals surface area contributed by atoms with Crippen LogP contribution in [0.15, 0.2) is 41.4 Å². The maximum Gasteiger partial charge on any atom is 0.573 e. The lowest BCUT2D eigenvalue weighted by atomic mass is 10.1. The number of nitrogens with zero attached hydrogens (tertiary/aromatic N) is 3. The Hall–Kier alpha value is -3.20. The molecule has 1 saturated heterocycles. The quantitative estimate of drug-likeness (QED) is 0.365. The number of sulfonamides is 1. The molecule has 0 radical (unpaired) electrons. The zero-order chi connectivity index (χ0) is 26.5. The SMILES string of the molecule is CN1CCN(Cc2ccc(-c3cc(OC(F)(F)F)ccc3S(=O)(=O)NC(=O)OCCCS)nc2)C1=O. The highest BCUT2D eigenvalue weighted by molar-refractivity contribution is 7.90. The van der Waals surface area contributed by atoms with E-state index in [1.54, 1.807) is 27.6 Å². The summed E-state index contributed by atoms with van der Waals surface area (Å²) in [5.41, 5.74) is 0.386. The summed E-state index contributed by atoms with van der Waals surface area (Å²) in [4.78, 5) is 30.8. The molecule has 3 amide bonds. The number of carbonyl (C=O) groups excluding carboxylic acids is 2. The third-order valence-corrected chi connectivity index (χ3v) is 6.69. The molecule has 1 aliphatic rings. The monoisotopic (exact) mass is 548 g/mol. The van der Waals surface area contributed by atoms with Crippen molar-refractivity contribution >= 4 is 34.8 Å². The molecule has 0 aliphatic carbocycles. The summed E-state index contributed by atoms with van der Waals surface area (Å²) < 4.78 is 74.4. The van der Waals surface area contributed by atoms with Crippen LogP contribution in [0.2, 0.25) is 0 Å². The number of halogens is 3. The Morgan fingerprint density at radius 1 is 1.22 bits per heavy atom. The number of nitrogens with one attached hydrogen (secondary N) is 1. The van der Waals surface area contributed by atoms with Crippen molar-refractivity contribution in [2.75, 3.05) is 32.5 Å². The Balaban J connectivity index is 1.91. The van der Waals surface area contributed by atoms with Crippen LogP contribution < -0.4 is 9.46 Å². The standard InChI is InChI=1S/C21H23F3N4O6S2/c1-27-7-8-28(20(27)30)13-14-3-5-17(25-12-14)16-11-15(34-21(22,23)24)4-6-18(16)36(31,32)26-19(29)33-9-2-10-35/h3-6,11-12,35H,2,7-10,13H2,1H3,(H,26,29). The molecule has 0 saturated carbocycles. The predicted octanol–water partition coefficient (Wildman–Crippen LogP) is 3.25. The summed E-state index contributed by atoms with van der Waals surface area (Å²) >= 11 is 3.96. The molecule has 1 N–H and O–H groups in total. The number of hydrogen-bond acceptors (Lipinski definition) is 8. The van der Waals surface area contributed by atoms with Crippen LogP contribution in [0, 0.1) is 0 Å². The fourth-order valence-electron chi connectivity index (χ4n) is 3.31. The van der Waals surface area contributed by atoms with Crippen LogP contribution in [-0.4, -0.2) is 74.2 Å². The smallest absolute Gasteiger partial charge is 0.449 e. The van der Waals surface area contributed by atoms with Crippen molar-refractivity contribution in [1.82, 2.24) is 19.5 Å². The zero-order valence-corrected chi connectivity index (χ0v) is 20.7. The van der Waals surface area contributed by atoms with Gasteiger partial charge in [0, 0.05) is 38.4 Å². The Kier molecular flexibility index (Phi) is 8.55. The van der Waals surface area contributed by atoms with E-state index < -0.39 is 33.1 Å². The van der Waals surface area contributed by atoms with Crippen LogP contribution in [0.5, 0.6) is 5.75 Å². The van der Waals surface area contributed by atoms with Crippen molar-refractivity contribution in [3.05, 3.63) is 42.1 Å². The fraction of sp³-hybridized carbons (Fsp3) is 0.381. The Morgan fingerprint density at radius 3 is 2.56 bits per heavy atom. The summed E-state index contributed by atoms with van der Waals surface area (Å²) in [5, 5.41) is 0. The molecule has 2 aromatic rings. The van der Waals surface area contributed by atoms with Crippen LogP contribution in [0.25, 0.3) is 11.3 Å². The molecule has 0 atom stereocenters. The fourth-order valence-corrected chi connectivity index (χ4v) is 4.53. The molecule has 15 heteroatoms. The molecule has 0 bridgehead atoms. The van der Waals surface area contributed by atoms with Gasteiger partial charge >= 0.3 is 18.5 Å². The van der Waals surface area contributed by atoms with Gasteiger partial charge in [0.15, 0.2) is 0 Å². The first-order chi connectivity index (χ1) is 16.9. The number of carbonyl (C=O) groups is 2. The Bertz CT molecular complexity index is 1210. The molecule has 2 heterocycles. The molecule has 0 spiro atoms. The van der Waals surface area contributed by atoms with Crippen molar-refractivity contribution < 1.29 is 40.7 Å². The van der Waals surface area contributed by atoms with E-state index in [9.17, 15) is 31.2 Å². The number of rotatable bonds is 9. The summed E-state index contributed by atoms with van der Waals surface area (Å²) in [5.74, 6) is -0.265. The number of likely N-dealkylation sites (N-methyl/N-ethyl adjacent to an activating group) is 1. The van der Waals surface area contributed by atoms with Gasteiger partial charge in [-0.2, -0.15) is 12.6 Å². The van der Waals surface area contributed by atoms with Gasteiger partial charge in [-0.3, -0.25) is 4.98 Å². The number of pyridine rings is 1. The van der Waals surface area contributed by atoms with Gasteiger partial charge in [0.25, 0.3) is 10.0 Å². The van der Waals surface area contributed by atoms with Gasteiger partial charge in [-0.05, 0) is 42.0 Å². The van der Waals surface area contributed by atoms with Crippen LogP contribution in [0.3, 0.4) is 0 Å². The van der Waals surface area contributed by atoms with E-state index in [1.165, 1.54) is 12.3 Å². The van der Waals surface area contributed by atoms with Crippen molar-refractivity contribution in [3.8, 4) is 17.0 Å². The third-order valence-electron chi connectivity index (χ3n) is 5.00. The normalized spacial score (nSPS) is 14.2. The zero-order valence-electron chi connectivity index (χ0n) is 19.0. The molecule has 1 aromatic heterocycles. The number of urea groups is 1. The minimum Gasteiger partial charge on any atom is -0.449 e. The number of amides is 3. The lowest BCUT2D eigenvalue weighted by molar-refractivity contribution is -0.274. The summed E-state index contributed by atoms with van der Waals surface area (Å²) in [6.45, 7) is 1.26. The van der Waals surface area contributed by atoms with Crippen LogP contribution in [0.4, 0.5) is 22.8 Å². The van der Waals surface area contributed by atoms with Crippen molar-refractivity contribution in [1.29, 1.82) is 0 Å². The van der Waals surface area contributed by atoms with Crippen molar-refractivity contribution in [2.45, 2.75) is 24.2 Å². The second kappa shape index (κ2) is 11.2. The van der Waals surface area contributed by atoms with Crippen molar-refractivity contribution in [2.24, 2.45) is 0 Å². The minimum atomic E-state index is -5.01. The lowest BCUT2D eigenvalue weighted by Crippen LogP contribution is -2.31. The Labute approximate surface area is 210 Å². The van der Waals surface area contributed by atoms with E-state index in [1.807, 2.05) is 0 Å². The van der Waals surface area contributed by atoms with E-state index in [2.05, 4.69) is 22.3 Å². The third kappa shape index (κ3) is 7.16. The molecular weight excluding hydrogens is 525 g/mol. The van der Waals surface area contributed by atoms with Gasteiger partial charge in [0.1, 0.15) is 5.75 Å². The van der Waals surface area contributed by atoms with Gasteiger partial charge < -0.3 is 19.3 Å². The molecule has 0 unspecified atom stereocenters. The molecule has 1 aliphatic heterocycles. The second-order valence-corrected chi connectivity index (χ2v) is 9.80. The second-order valence-electron chi connectivity index (χ2n) is 7.70. The van der Waals surface area contributed by atoms with Crippen LogP contribution in [-0.2, 0) is 21.3 Å². The highest BCUT2D eigenvalue weighted by atomic mass is 32.2. The number of ether oxygens (including phenoxy) is 2. The topological polar surface area (TPSA) is 118 Å². The van der Waals surface area contributed by atoms with E-state index >= 15 is 0 Å². The lowest BCUT2D eigenvalue weighted by Gasteiger charge is -2.17. The number of thiol groups is 1. The van der Waals surface area contributed by atoms with Crippen molar-refractivity contribution in [3.63, 3.8) is 0 Å².